The zero-order chi connectivity index (χ0) is 12.6. The largest absolute Gasteiger partial charge is 0.330 e. The SMILES string of the molecule is NCC1CCCC(CCCc2ccccc2)CC1. The van der Waals surface area contributed by atoms with Crippen LogP contribution in [0.4, 0.5) is 0 Å². The third-order valence-electron chi connectivity index (χ3n) is 4.46. The zero-order valence-corrected chi connectivity index (χ0v) is 11.5. The van der Waals surface area contributed by atoms with Gasteiger partial charge in [0.2, 0.25) is 0 Å². The van der Waals surface area contributed by atoms with Crippen molar-refractivity contribution in [1.29, 1.82) is 0 Å². The quantitative estimate of drug-likeness (QED) is 0.774. The van der Waals surface area contributed by atoms with Crippen molar-refractivity contribution in [2.75, 3.05) is 6.54 Å². The number of aryl methyl sites for hydroxylation is 1. The fourth-order valence-electron chi connectivity index (χ4n) is 3.22. The summed E-state index contributed by atoms with van der Waals surface area (Å²) in [7, 11) is 0. The van der Waals surface area contributed by atoms with E-state index < -0.39 is 0 Å². The zero-order valence-electron chi connectivity index (χ0n) is 11.5. The lowest BCUT2D eigenvalue weighted by atomic mass is 9.92. The van der Waals surface area contributed by atoms with Crippen molar-refractivity contribution < 1.29 is 0 Å². The molecule has 2 atom stereocenters. The Balaban J connectivity index is 1.67. The van der Waals surface area contributed by atoms with Crippen LogP contribution in [0.15, 0.2) is 30.3 Å². The average Bonchev–Trinajstić information content (AvgIpc) is 2.65. The summed E-state index contributed by atoms with van der Waals surface area (Å²) in [5.74, 6) is 1.77. The topological polar surface area (TPSA) is 26.0 Å². The molecule has 2 unspecified atom stereocenters. The summed E-state index contributed by atoms with van der Waals surface area (Å²) in [5.41, 5.74) is 7.29. The van der Waals surface area contributed by atoms with Crippen LogP contribution in [-0.2, 0) is 6.42 Å². The van der Waals surface area contributed by atoms with Gasteiger partial charge in [0.15, 0.2) is 0 Å². The summed E-state index contributed by atoms with van der Waals surface area (Å²) in [6.07, 6.45) is 11.0. The second kappa shape index (κ2) is 7.58. The molecule has 0 bridgehead atoms. The first-order valence-electron chi connectivity index (χ1n) is 7.62. The minimum atomic E-state index is 0.809. The van der Waals surface area contributed by atoms with E-state index >= 15 is 0 Å². The lowest BCUT2D eigenvalue weighted by molar-refractivity contribution is 0.403. The molecule has 1 heteroatoms. The Kier molecular flexibility index (Phi) is 5.73. The van der Waals surface area contributed by atoms with Crippen LogP contribution >= 0.6 is 0 Å². The highest BCUT2D eigenvalue weighted by Gasteiger charge is 2.17. The summed E-state index contributed by atoms with van der Waals surface area (Å²) in [4.78, 5) is 0. The van der Waals surface area contributed by atoms with Crippen LogP contribution in [0.1, 0.15) is 50.5 Å². The van der Waals surface area contributed by atoms with Gasteiger partial charge in [0.1, 0.15) is 0 Å². The van der Waals surface area contributed by atoms with E-state index in [9.17, 15) is 0 Å². The highest BCUT2D eigenvalue weighted by atomic mass is 14.5. The molecule has 1 nitrogen and oxygen atoms in total. The summed E-state index contributed by atoms with van der Waals surface area (Å²) >= 11 is 0. The van der Waals surface area contributed by atoms with E-state index in [-0.39, 0.29) is 0 Å². The van der Waals surface area contributed by atoms with Crippen LogP contribution in [0.3, 0.4) is 0 Å². The fourth-order valence-corrected chi connectivity index (χ4v) is 3.22. The highest BCUT2D eigenvalue weighted by molar-refractivity contribution is 5.14. The molecule has 2 rings (SSSR count). The van der Waals surface area contributed by atoms with Crippen molar-refractivity contribution in [3.8, 4) is 0 Å². The molecule has 1 saturated carbocycles. The highest BCUT2D eigenvalue weighted by Crippen LogP contribution is 2.29. The van der Waals surface area contributed by atoms with Crippen molar-refractivity contribution in [2.45, 2.75) is 51.4 Å². The molecule has 0 saturated heterocycles. The van der Waals surface area contributed by atoms with Crippen LogP contribution < -0.4 is 5.73 Å². The maximum absolute atomic E-state index is 5.79. The normalized spacial score (nSPS) is 24.7. The number of hydrogen-bond acceptors (Lipinski definition) is 1. The van der Waals surface area contributed by atoms with Crippen molar-refractivity contribution in [1.82, 2.24) is 0 Å². The van der Waals surface area contributed by atoms with Gasteiger partial charge in [-0.1, -0.05) is 56.0 Å². The molecule has 100 valence electrons. The monoisotopic (exact) mass is 245 g/mol. The van der Waals surface area contributed by atoms with Gasteiger partial charge in [-0.2, -0.15) is 0 Å². The second-order valence-electron chi connectivity index (χ2n) is 5.85. The summed E-state index contributed by atoms with van der Waals surface area (Å²) in [6.45, 7) is 0.900. The molecule has 18 heavy (non-hydrogen) atoms. The van der Waals surface area contributed by atoms with Crippen molar-refractivity contribution in [2.24, 2.45) is 17.6 Å². The van der Waals surface area contributed by atoms with E-state index in [0.29, 0.717) is 0 Å². The van der Waals surface area contributed by atoms with Gasteiger partial charge in [-0.3, -0.25) is 0 Å². The molecular weight excluding hydrogens is 218 g/mol. The molecule has 0 aromatic heterocycles. The first-order valence-corrected chi connectivity index (χ1v) is 7.62. The van der Waals surface area contributed by atoms with E-state index in [0.717, 1.165) is 18.4 Å². The van der Waals surface area contributed by atoms with Gasteiger partial charge in [-0.25, -0.2) is 0 Å². The van der Waals surface area contributed by atoms with Gasteiger partial charge in [0.05, 0.1) is 0 Å². The Morgan fingerprint density at radius 2 is 1.67 bits per heavy atom. The molecule has 2 N–H and O–H groups in total. The molecule has 1 aromatic carbocycles. The Hall–Kier alpha value is -0.820. The molecule has 1 fully saturated rings. The average molecular weight is 245 g/mol. The maximum Gasteiger partial charge on any atom is -0.00489 e. The van der Waals surface area contributed by atoms with E-state index in [1.54, 1.807) is 0 Å². The van der Waals surface area contributed by atoms with Gasteiger partial charge >= 0.3 is 0 Å². The van der Waals surface area contributed by atoms with Gasteiger partial charge < -0.3 is 5.73 Å². The van der Waals surface area contributed by atoms with E-state index in [1.807, 2.05) is 0 Å². The van der Waals surface area contributed by atoms with Crippen LogP contribution in [-0.4, -0.2) is 6.54 Å². The number of hydrogen-bond donors (Lipinski definition) is 1. The molecule has 1 aliphatic rings. The molecule has 0 aliphatic heterocycles. The smallest absolute Gasteiger partial charge is 0.00489 e. The van der Waals surface area contributed by atoms with Crippen molar-refractivity contribution in [3.63, 3.8) is 0 Å². The number of benzene rings is 1. The molecule has 0 heterocycles. The summed E-state index contributed by atoms with van der Waals surface area (Å²) in [6, 6.07) is 10.9. The minimum Gasteiger partial charge on any atom is -0.330 e. The fraction of sp³-hybridized carbons (Fsp3) is 0.647. The van der Waals surface area contributed by atoms with Gasteiger partial charge in [-0.05, 0) is 49.6 Å². The van der Waals surface area contributed by atoms with Gasteiger partial charge in [0.25, 0.3) is 0 Å². The Bertz CT molecular complexity index is 320. The standard InChI is InChI=1S/C17H27N/c18-14-17-11-5-10-16(12-13-17)9-4-8-15-6-2-1-3-7-15/h1-3,6-7,16-17H,4-5,8-14,18H2. The van der Waals surface area contributed by atoms with Crippen LogP contribution in [0, 0.1) is 11.8 Å². The lowest BCUT2D eigenvalue weighted by Crippen LogP contribution is -2.13. The van der Waals surface area contributed by atoms with E-state index in [4.69, 9.17) is 5.73 Å². The lowest BCUT2D eigenvalue weighted by Gasteiger charge is -2.14. The van der Waals surface area contributed by atoms with Gasteiger partial charge in [0, 0.05) is 0 Å². The van der Waals surface area contributed by atoms with Crippen molar-refractivity contribution in [3.05, 3.63) is 35.9 Å². The maximum atomic E-state index is 5.79. The third kappa shape index (κ3) is 4.45. The predicted octanol–water partition coefficient (Wildman–Crippen LogP) is 4.16. The predicted molar refractivity (Wildman–Crippen MR) is 78.5 cm³/mol. The summed E-state index contributed by atoms with van der Waals surface area (Å²) in [5, 5.41) is 0. The van der Waals surface area contributed by atoms with Crippen LogP contribution in [0.2, 0.25) is 0 Å². The van der Waals surface area contributed by atoms with Gasteiger partial charge in [-0.15, -0.1) is 0 Å². The first kappa shape index (κ1) is 13.6. The van der Waals surface area contributed by atoms with E-state index in [1.165, 1.54) is 56.9 Å². The van der Waals surface area contributed by atoms with E-state index in [2.05, 4.69) is 30.3 Å². The molecule has 0 radical (unpaired) electrons. The minimum absolute atomic E-state index is 0.809. The third-order valence-corrected chi connectivity index (χ3v) is 4.46. The molecular formula is C17H27N. The molecule has 0 amide bonds. The second-order valence-corrected chi connectivity index (χ2v) is 5.85. The molecule has 1 aliphatic carbocycles. The van der Waals surface area contributed by atoms with Crippen molar-refractivity contribution >= 4 is 0 Å². The number of rotatable bonds is 5. The first-order chi connectivity index (χ1) is 8.88. The van der Waals surface area contributed by atoms with Crippen LogP contribution in [0.5, 0.6) is 0 Å². The number of nitrogens with two attached hydrogens (primary N) is 1. The Labute approximate surface area is 112 Å². The molecule has 0 spiro atoms. The Morgan fingerprint density at radius 3 is 2.44 bits per heavy atom. The molecule has 1 aromatic rings. The summed E-state index contributed by atoms with van der Waals surface area (Å²) < 4.78 is 0. The Morgan fingerprint density at radius 1 is 0.944 bits per heavy atom. The van der Waals surface area contributed by atoms with Crippen LogP contribution in [0.25, 0.3) is 0 Å².